The Balaban J connectivity index is 2.20. The van der Waals surface area contributed by atoms with E-state index in [2.05, 4.69) is 4.98 Å². The monoisotopic (exact) mass is 220 g/mol. The van der Waals surface area contributed by atoms with Crippen molar-refractivity contribution < 1.29 is 9.59 Å². The van der Waals surface area contributed by atoms with Gasteiger partial charge in [0.05, 0.1) is 12.5 Å². The van der Waals surface area contributed by atoms with Crippen LogP contribution in [0.1, 0.15) is 49.6 Å². The Labute approximate surface area is 94.7 Å². The van der Waals surface area contributed by atoms with E-state index in [4.69, 9.17) is 0 Å². The zero-order chi connectivity index (χ0) is 11.7. The zero-order valence-electron chi connectivity index (χ0n) is 9.64. The summed E-state index contributed by atoms with van der Waals surface area (Å²) in [6.45, 7) is 4.02. The summed E-state index contributed by atoms with van der Waals surface area (Å²) in [6, 6.07) is 0.221. The molecule has 0 aromatic carbocycles. The Morgan fingerprint density at radius 2 is 2.31 bits per heavy atom. The van der Waals surface area contributed by atoms with Crippen LogP contribution in [-0.4, -0.2) is 21.1 Å². The fourth-order valence-corrected chi connectivity index (χ4v) is 2.15. The van der Waals surface area contributed by atoms with Gasteiger partial charge < -0.3 is 4.57 Å². The van der Waals surface area contributed by atoms with Gasteiger partial charge in [-0.3, -0.25) is 9.59 Å². The number of hydrogen-bond donors (Lipinski definition) is 0. The van der Waals surface area contributed by atoms with Crippen LogP contribution in [0.2, 0.25) is 0 Å². The number of aromatic nitrogens is 2. The Kier molecular flexibility index (Phi) is 2.90. The number of Topliss-reactive ketones (excluding diaryl/α,β-unsaturated/α-hetero) is 2. The number of rotatable bonds is 3. The molecule has 0 N–H and O–H groups in total. The lowest BCUT2D eigenvalue weighted by molar-refractivity contribution is -0.117. The van der Waals surface area contributed by atoms with Crippen molar-refractivity contribution in [3.05, 3.63) is 18.2 Å². The number of hydrogen-bond acceptors (Lipinski definition) is 3. The number of carbonyl (C=O) groups excluding carboxylic acids is 2. The van der Waals surface area contributed by atoms with Crippen LogP contribution in [0, 0.1) is 5.92 Å². The largest absolute Gasteiger partial charge is 0.326 e. The molecule has 1 aromatic heterocycles. The van der Waals surface area contributed by atoms with E-state index in [1.807, 2.05) is 18.4 Å². The fraction of sp³-hybridized carbons (Fsp3) is 0.583. The molecule has 0 bridgehead atoms. The van der Waals surface area contributed by atoms with Gasteiger partial charge in [0.2, 0.25) is 0 Å². The molecule has 0 aliphatic heterocycles. The van der Waals surface area contributed by atoms with Crippen molar-refractivity contribution in [3.8, 4) is 0 Å². The van der Waals surface area contributed by atoms with E-state index >= 15 is 0 Å². The molecule has 4 nitrogen and oxygen atoms in total. The molecule has 4 heteroatoms. The number of imidazole rings is 1. The smallest absolute Gasteiger partial charge is 0.184 e. The van der Waals surface area contributed by atoms with Crippen molar-refractivity contribution in [2.75, 3.05) is 0 Å². The first-order valence-electron chi connectivity index (χ1n) is 5.67. The molecule has 1 atom stereocenters. The van der Waals surface area contributed by atoms with Crippen molar-refractivity contribution in [3.63, 3.8) is 0 Å². The minimum Gasteiger partial charge on any atom is -0.326 e. The molecule has 86 valence electrons. The van der Waals surface area contributed by atoms with E-state index in [0.29, 0.717) is 25.0 Å². The minimum atomic E-state index is -0.123. The maximum Gasteiger partial charge on any atom is 0.184 e. The van der Waals surface area contributed by atoms with Crippen LogP contribution in [0.15, 0.2) is 12.5 Å². The van der Waals surface area contributed by atoms with Crippen molar-refractivity contribution in [1.82, 2.24) is 9.55 Å². The van der Waals surface area contributed by atoms with Crippen molar-refractivity contribution in [1.29, 1.82) is 0 Å². The number of nitrogens with zero attached hydrogens (tertiary/aromatic N) is 2. The molecular weight excluding hydrogens is 204 g/mol. The first-order valence-corrected chi connectivity index (χ1v) is 5.67. The zero-order valence-corrected chi connectivity index (χ0v) is 9.64. The Hall–Kier alpha value is -1.45. The standard InChI is InChI=1S/C12H16N2O2/c1-8(2)14-7-13-6-11(14)12(16)9-3-4-10(15)5-9/h6-9H,3-5H2,1-2H3. The molecule has 0 amide bonds. The summed E-state index contributed by atoms with van der Waals surface area (Å²) in [5.41, 5.74) is 0.634. The molecule has 0 saturated heterocycles. The van der Waals surface area contributed by atoms with Gasteiger partial charge in [-0.05, 0) is 20.3 Å². The van der Waals surface area contributed by atoms with E-state index < -0.39 is 0 Å². The van der Waals surface area contributed by atoms with E-state index in [1.54, 1.807) is 12.5 Å². The van der Waals surface area contributed by atoms with E-state index in [-0.39, 0.29) is 23.5 Å². The number of ketones is 2. The summed E-state index contributed by atoms with van der Waals surface area (Å²) in [5.74, 6) is 0.146. The van der Waals surface area contributed by atoms with Gasteiger partial charge >= 0.3 is 0 Å². The lowest BCUT2D eigenvalue weighted by Gasteiger charge is -2.13. The molecule has 1 heterocycles. The highest BCUT2D eigenvalue weighted by atomic mass is 16.1. The average molecular weight is 220 g/mol. The van der Waals surface area contributed by atoms with Gasteiger partial charge in [-0.1, -0.05) is 0 Å². The quantitative estimate of drug-likeness (QED) is 0.732. The summed E-state index contributed by atoms with van der Waals surface area (Å²) in [4.78, 5) is 27.3. The van der Waals surface area contributed by atoms with Crippen molar-refractivity contribution in [2.24, 2.45) is 5.92 Å². The van der Waals surface area contributed by atoms with Crippen LogP contribution >= 0.6 is 0 Å². The molecule has 1 aliphatic rings. The molecule has 0 radical (unpaired) electrons. The van der Waals surface area contributed by atoms with Crippen LogP contribution in [0.25, 0.3) is 0 Å². The molecule has 0 spiro atoms. The molecule has 16 heavy (non-hydrogen) atoms. The molecule has 1 aromatic rings. The SMILES string of the molecule is CC(C)n1cncc1C(=O)C1CCC(=O)C1. The second-order valence-electron chi connectivity index (χ2n) is 4.62. The van der Waals surface area contributed by atoms with Crippen molar-refractivity contribution >= 4 is 11.6 Å². The van der Waals surface area contributed by atoms with Gasteiger partial charge in [0.1, 0.15) is 11.5 Å². The minimum absolute atomic E-state index is 0.0667. The maximum atomic E-state index is 12.2. The highest BCUT2D eigenvalue weighted by Gasteiger charge is 2.30. The molecule has 2 rings (SSSR count). The van der Waals surface area contributed by atoms with Gasteiger partial charge in [0.25, 0.3) is 0 Å². The average Bonchev–Trinajstić information content (AvgIpc) is 2.84. The second kappa shape index (κ2) is 4.20. The van der Waals surface area contributed by atoms with Gasteiger partial charge in [0.15, 0.2) is 5.78 Å². The normalized spacial score (nSPS) is 20.7. The Morgan fingerprint density at radius 1 is 1.56 bits per heavy atom. The predicted octanol–water partition coefficient (Wildman–Crippen LogP) is 2.02. The van der Waals surface area contributed by atoms with Gasteiger partial charge in [-0.15, -0.1) is 0 Å². The maximum absolute atomic E-state index is 12.2. The molecular formula is C12H16N2O2. The van der Waals surface area contributed by atoms with Gasteiger partial charge in [0, 0.05) is 24.8 Å². The summed E-state index contributed by atoms with van der Waals surface area (Å²) >= 11 is 0. The van der Waals surface area contributed by atoms with E-state index in [0.717, 1.165) is 0 Å². The topological polar surface area (TPSA) is 52.0 Å². The number of carbonyl (C=O) groups is 2. The third-order valence-corrected chi connectivity index (χ3v) is 3.09. The lowest BCUT2D eigenvalue weighted by Crippen LogP contribution is -2.17. The van der Waals surface area contributed by atoms with Crippen LogP contribution < -0.4 is 0 Å². The third kappa shape index (κ3) is 1.92. The third-order valence-electron chi connectivity index (χ3n) is 3.09. The van der Waals surface area contributed by atoms with E-state index in [9.17, 15) is 9.59 Å². The van der Waals surface area contributed by atoms with Crippen LogP contribution in [0.3, 0.4) is 0 Å². The molecule has 1 aliphatic carbocycles. The molecule has 1 unspecified atom stereocenters. The Morgan fingerprint density at radius 3 is 2.88 bits per heavy atom. The van der Waals surface area contributed by atoms with Crippen LogP contribution in [0.5, 0.6) is 0 Å². The molecule has 1 fully saturated rings. The first-order chi connectivity index (χ1) is 7.59. The first kappa shape index (κ1) is 11.0. The van der Waals surface area contributed by atoms with Crippen LogP contribution in [0.4, 0.5) is 0 Å². The lowest BCUT2D eigenvalue weighted by atomic mass is 10.0. The van der Waals surface area contributed by atoms with Gasteiger partial charge in [-0.25, -0.2) is 4.98 Å². The second-order valence-corrected chi connectivity index (χ2v) is 4.62. The summed E-state index contributed by atoms with van der Waals surface area (Å²) in [5, 5.41) is 0. The highest BCUT2D eigenvalue weighted by molar-refractivity contribution is 6.00. The predicted molar refractivity (Wildman–Crippen MR) is 59.3 cm³/mol. The summed E-state index contributed by atoms with van der Waals surface area (Å²) in [7, 11) is 0. The van der Waals surface area contributed by atoms with Crippen LogP contribution in [-0.2, 0) is 4.79 Å². The highest BCUT2D eigenvalue weighted by Crippen LogP contribution is 2.26. The summed E-state index contributed by atoms with van der Waals surface area (Å²) < 4.78 is 1.87. The van der Waals surface area contributed by atoms with Crippen molar-refractivity contribution in [2.45, 2.75) is 39.2 Å². The Bertz CT molecular complexity index is 420. The summed E-state index contributed by atoms with van der Waals surface area (Å²) in [6.07, 6.45) is 4.93. The fourth-order valence-electron chi connectivity index (χ4n) is 2.15. The van der Waals surface area contributed by atoms with E-state index in [1.165, 1.54) is 0 Å². The molecule has 1 saturated carbocycles. The van der Waals surface area contributed by atoms with Gasteiger partial charge in [-0.2, -0.15) is 0 Å².